The van der Waals surface area contributed by atoms with E-state index in [-0.39, 0.29) is 17.6 Å². The van der Waals surface area contributed by atoms with Gasteiger partial charge in [-0.3, -0.25) is 9.59 Å². The van der Waals surface area contributed by atoms with Crippen LogP contribution in [0, 0.1) is 0 Å². The number of para-hydroxylation sites is 1. The quantitative estimate of drug-likeness (QED) is 0.600. The molecule has 0 fully saturated rings. The van der Waals surface area contributed by atoms with Gasteiger partial charge in [-0.05, 0) is 26.8 Å². The molecule has 1 aromatic carbocycles. The van der Waals surface area contributed by atoms with Crippen LogP contribution in [0.4, 0.5) is 0 Å². The number of amides is 2. The number of benzene rings is 1. The van der Waals surface area contributed by atoms with Crippen molar-refractivity contribution in [1.82, 2.24) is 30.4 Å². The Bertz CT molecular complexity index is 987. The summed E-state index contributed by atoms with van der Waals surface area (Å²) in [5, 5.41) is 15.2. The maximum absolute atomic E-state index is 12.1. The first-order chi connectivity index (χ1) is 13.0. The van der Waals surface area contributed by atoms with E-state index < -0.39 is 6.04 Å². The summed E-state index contributed by atoms with van der Waals surface area (Å²) >= 11 is 1.20. The van der Waals surface area contributed by atoms with Gasteiger partial charge in [0, 0.05) is 18.5 Å². The summed E-state index contributed by atoms with van der Waals surface area (Å²) in [6.45, 7) is 6.82. The Balaban J connectivity index is 1.73. The normalized spacial score (nSPS) is 12.3. The smallest absolute Gasteiger partial charge is 0.242 e. The van der Waals surface area contributed by atoms with Crippen molar-refractivity contribution in [2.75, 3.05) is 12.3 Å². The maximum atomic E-state index is 12.1. The topological polar surface area (TPSA) is 102 Å². The van der Waals surface area contributed by atoms with Gasteiger partial charge in [-0.2, -0.15) is 0 Å². The zero-order chi connectivity index (χ0) is 19.4. The van der Waals surface area contributed by atoms with Crippen LogP contribution >= 0.6 is 11.8 Å². The minimum Gasteiger partial charge on any atom is -0.355 e. The van der Waals surface area contributed by atoms with Crippen LogP contribution in [0.2, 0.25) is 0 Å². The molecule has 2 N–H and O–H groups in total. The second-order valence-electron chi connectivity index (χ2n) is 6.00. The van der Waals surface area contributed by atoms with E-state index in [0.717, 1.165) is 28.6 Å². The van der Waals surface area contributed by atoms with Crippen molar-refractivity contribution in [3.05, 3.63) is 24.3 Å². The van der Waals surface area contributed by atoms with E-state index in [1.54, 1.807) is 6.92 Å². The van der Waals surface area contributed by atoms with Crippen molar-refractivity contribution in [2.45, 2.75) is 38.5 Å². The number of rotatable bonds is 7. The maximum Gasteiger partial charge on any atom is 0.242 e. The van der Waals surface area contributed by atoms with E-state index in [4.69, 9.17) is 0 Å². The molecule has 2 aromatic heterocycles. The molecule has 0 unspecified atom stereocenters. The molecule has 0 saturated carbocycles. The van der Waals surface area contributed by atoms with Crippen LogP contribution in [-0.2, 0) is 16.1 Å². The monoisotopic (exact) mass is 386 g/mol. The SMILES string of the molecule is CCNC(=O)[C@H](C)NC(=O)CSc1nnc2c3ccccc3n(CC)c2n1. The molecule has 3 rings (SSSR count). The third-order valence-electron chi connectivity index (χ3n) is 4.12. The molecule has 3 aromatic rings. The number of carbonyl (C=O) groups excluding carboxylic acids is 2. The molecule has 0 aliphatic rings. The number of thioether (sulfide) groups is 1. The van der Waals surface area contributed by atoms with Crippen molar-refractivity contribution in [2.24, 2.45) is 0 Å². The highest BCUT2D eigenvalue weighted by molar-refractivity contribution is 7.99. The summed E-state index contributed by atoms with van der Waals surface area (Å²) < 4.78 is 2.08. The Hall–Kier alpha value is -2.68. The molecular weight excluding hydrogens is 364 g/mol. The molecule has 0 spiro atoms. The first-order valence-corrected chi connectivity index (χ1v) is 9.85. The van der Waals surface area contributed by atoms with E-state index in [1.165, 1.54) is 11.8 Å². The zero-order valence-electron chi connectivity index (χ0n) is 15.5. The minimum absolute atomic E-state index is 0.114. The first-order valence-electron chi connectivity index (χ1n) is 8.86. The van der Waals surface area contributed by atoms with Gasteiger partial charge in [0.05, 0.1) is 11.3 Å². The number of hydrogen-bond acceptors (Lipinski definition) is 6. The van der Waals surface area contributed by atoms with Gasteiger partial charge in [-0.25, -0.2) is 4.98 Å². The lowest BCUT2D eigenvalue weighted by atomic mass is 10.2. The fourth-order valence-electron chi connectivity index (χ4n) is 2.88. The summed E-state index contributed by atoms with van der Waals surface area (Å²) in [6, 6.07) is 7.40. The number of nitrogens with one attached hydrogen (secondary N) is 2. The number of hydrogen-bond donors (Lipinski definition) is 2. The predicted molar refractivity (Wildman–Crippen MR) is 106 cm³/mol. The molecule has 2 amide bonds. The molecule has 0 saturated heterocycles. The van der Waals surface area contributed by atoms with Crippen LogP contribution < -0.4 is 10.6 Å². The van der Waals surface area contributed by atoms with Crippen LogP contribution in [0.15, 0.2) is 29.4 Å². The average Bonchev–Trinajstić information content (AvgIpc) is 2.99. The molecular formula is C18H22N6O2S. The predicted octanol–water partition coefficient (Wildman–Crippen LogP) is 1.73. The van der Waals surface area contributed by atoms with Crippen LogP contribution in [-0.4, -0.2) is 49.9 Å². The summed E-state index contributed by atoms with van der Waals surface area (Å²) in [5.41, 5.74) is 2.57. The average molecular weight is 386 g/mol. The lowest BCUT2D eigenvalue weighted by Crippen LogP contribution is -2.45. The molecule has 0 aliphatic carbocycles. The lowest BCUT2D eigenvalue weighted by Gasteiger charge is -2.12. The van der Waals surface area contributed by atoms with Crippen molar-refractivity contribution in [3.8, 4) is 0 Å². The van der Waals surface area contributed by atoms with Gasteiger partial charge in [0.2, 0.25) is 17.0 Å². The molecule has 0 radical (unpaired) electrons. The Morgan fingerprint density at radius 3 is 2.74 bits per heavy atom. The van der Waals surface area contributed by atoms with Gasteiger partial charge in [0.15, 0.2) is 5.65 Å². The van der Waals surface area contributed by atoms with Crippen molar-refractivity contribution in [1.29, 1.82) is 0 Å². The van der Waals surface area contributed by atoms with Crippen molar-refractivity contribution < 1.29 is 9.59 Å². The molecule has 0 aliphatic heterocycles. The Kier molecular flexibility index (Phi) is 5.90. The minimum atomic E-state index is -0.581. The van der Waals surface area contributed by atoms with Crippen LogP contribution in [0.5, 0.6) is 0 Å². The standard InChI is InChI=1S/C18H22N6O2S/c1-4-19-17(26)11(3)20-14(25)10-27-18-21-16-15(22-23-18)12-8-6-7-9-13(12)24(16)5-2/h6-9,11H,4-5,10H2,1-3H3,(H,19,26)(H,20,25)/t11-/m0/s1. The first kappa shape index (κ1) is 19.1. The highest BCUT2D eigenvalue weighted by Crippen LogP contribution is 2.26. The molecule has 142 valence electrons. The molecule has 8 nitrogen and oxygen atoms in total. The third kappa shape index (κ3) is 4.02. The fourth-order valence-corrected chi connectivity index (χ4v) is 3.47. The van der Waals surface area contributed by atoms with Gasteiger partial charge in [0.25, 0.3) is 0 Å². The highest BCUT2D eigenvalue weighted by Gasteiger charge is 2.17. The van der Waals surface area contributed by atoms with Crippen LogP contribution in [0.3, 0.4) is 0 Å². The van der Waals surface area contributed by atoms with E-state index in [9.17, 15) is 9.59 Å². The number of nitrogens with zero attached hydrogens (tertiary/aromatic N) is 4. The van der Waals surface area contributed by atoms with Gasteiger partial charge in [-0.15, -0.1) is 10.2 Å². The Labute approximate surface area is 161 Å². The number of aryl methyl sites for hydroxylation is 1. The Morgan fingerprint density at radius 1 is 1.22 bits per heavy atom. The summed E-state index contributed by atoms with van der Waals surface area (Å²) in [5.74, 6) is -0.343. The number of carbonyl (C=O) groups is 2. The van der Waals surface area contributed by atoms with E-state index in [2.05, 4.69) is 37.3 Å². The van der Waals surface area contributed by atoms with Crippen LogP contribution in [0.1, 0.15) is 20.8 Å². The van der Waals surface area contributed by atoms with E-state index >= 15 is 0 Å². The van der Waals surface area contributed by atoms with Gasteiger partial charge in [0.1, 0.15) is 11.6 Å². The molecule has 9 heteroatoms. The second-order valence-corrected chi connectivity index (χ2v) is 6.94. The molecule has 2 heterocycles. The second kappa shape index (κ2) is 8.34. The number of fused-ring (bicyclic) bond motifs is 3. The Morgan fingerprint density at radius 2 is 2.00 bits per heavy atom. The van der Waals surface area contributed by atoms with Crippen LogP contribution in [0.25, 0.3) is 22.1 Å². The third-order valence-corrected chi connectivity index (χ3v) is 4.96. The zero-order valence-corrected chi connectivity index (χ0v) is 16.3. The van der Waals surface area contributed by atoms with Gasteiger partial charge in [-0.1, -0.05) is 30.0 Å². The fraction of sp³-hybridized carbons (Fsp3) is 0.389. The van der Waals surface area contributed by atoms with Crippen molar-refractivity contribution >= 4 is 45.6 Å². The summed E-state index contributed by atoms with van der Waals surface area (Å²) in [4.78, 5) is 28.3. The number of aromatic nitrogens is 4. The molecule has 1 atom stereocenters. The summed E-state index contributed by atoms with van der Waals surface area (Å²) in [7, 11) is 0. The molecule has 27 heavy (non-hydrogen) atoms. The highest BCUT2D eigenvalue weighted by atomic mass is 32.2. The lowest BCUT2D eigenvalue weighted by molar-refractivity contribution is -0.127. The molecule has 0 bridgehead atoms. The van der Waals surface area contributed by atoms with Gasteiger partial charge >= 0.3 is 0 Å². The van der Waals surface area contributed by atoms with E-state index in [1.807, 2.05) is 31.2 Å². The largest absolute Gasteiger partial charge is 0.355 e. The summed E-state index contributed by atoms with van der Waals surface area (Å²) in [6.07, 6.45) is 0. The van der Waals surface area contributed by atoms with Crippen molar-refractivity contribution in [3.63, 3.8) is 0 Å². The number of likely N-dealkylation sites (N-methyl/N-ethyl adjacent to an activating group) is 1. The van der Waals surface area contributed by atoms with E-state index in [0.29, 0.717) is 11.7 Å². The van der Waals surface area contributed by atoms with Gasteiger partial charge < -0.3 is 15.2 Å².